The van der Waals surface area contributed by atoms with Gasteiger partial charge in [-0.25, -0.2) is 9.48 Å². The summed E-state index contributed by atoms with van der Waals surface area (Å²) in [5.41, 5.74) is 4.12. The summed E-state index contributed by atoms with van der Waals surface area (Å²) in [5.74, 6) is -0.891. The first kappa shape index (κ1) is 12.9. The van der Waals surface area contributed by atoms with E-state index >= 15 is 0 Å². The Balaban J connectivity index is 2.30. The van der Waals surface area contributed by atoms with Gasteiger partial charge in [0.25, 0.3) is 0 Å². The zero-order chi connectivity index (χ0) is 14.4. The van der Waals surface area contributed by atoms with Crippen molar-refractivity contribution in [1.82, 2.24) is 9.78 Å². The molecule has 0 aliphatic carbocycles. The van der Waals surface area contributed by atoms with Crippen LogP contribution >= 0.6 is 11.3 Å². The van der Waals surface area contributed by atoms with Crippen molar-refractivity contribution in [2.24, 2.45) is 0 Å². The highest BCUT2D eigenvalue weighted by Crippen LogP contribution is 2.31. The highest BCUT2D eigenvalue weighted by atomic mass is 32.1. The Hall–Kier alpha value is -2.14. The van der Waals surface area contributed by atoms with E-state index in [1.54, 1.807) is 6.07 Å². The molecule has 0 radical (unpaired) electrons. The van der Waals surface area contributed by atoms with E-state index in [0.717, 1.165) is 32.7 Å². The molecule has 0 unspecified atom stereocenters. The van der Waals surface area contributed by atoms with Crippen LogP contribution < -0.4 is 0 Å². The van der Waals surface area contributed by atoms with Crippen molar-refractivity contribution in [3.63, 3.8) is 0 Å². The van der Waals surface area contributed by atoms with E-state index in [1.807, 2.05) is 25.5 Å². The summed E-state index contributed by atoms with van der Waals surface area (Å²) >= 11 is 1.26. The number of aromatic nitrogens is 2. The number of carbonyl (C=O) groups is 1. The molecule has 2 heterocycles. The molecule has 5 heteroatoms. The minimum absolute atomic E-state index is 0.347. The number of rotatable bonds is 2. The number of hydrogen-bond donors (Lipinski definition) is 1. The van der Waals surface area contributed by atoms with Crippen molar-refractivity contribution in [3.8, 4) is 5.69 Å². The smallest absolute Gasteiger partial charge is 0.345 e. The first-order valence-electron chi connectivity index (χ1n) is 6.27. The molecule has 0 atom stereocenters. The molecule has 102 valence electrons. The van der Waals surface area contributed by atoms with Crippen molar-refractivity contribution in [1.29, 1.82) is 0 Å². The maximum absolute atomic E-state index is 11.1. The van der Waals surface area contributed by atoms with Crippen molar-refractivity contribution in [2.45, 2.75) is 20.8 Å². The molecule has 0 aliphatic rings. The molecule has 3 rings (SSSR count). The number of nitrogens with zero attached hydrogens (tertiary/aromatic N) is 2. The Morgan fingerprint density at radius 2 is 2.00 bits per heavy atom. The Morgan fingerprint density at radius 3 is 2.70 bits per heavy atom. The molecule has 0 aliphatic heterocycles. The van der Waals surface area contributed by atoms with Crippen LogP contribution in [0.2, 0.25) is 0 Å². The van der Waals surface area contributed by atoms with Gasteiger partial charge in [-0.1, -0.05) is 12.1 Å². The number of fused-ring (bicyclic) bond motifs is 1. The SMILES string of the molecule is Cc1ccc(C)c(-n2nc(C)c3cc(C(=O)O)sc32)c1. The second kappa shape index (κ2) is 4.45. The Morgan fingerprint density at radius 1 is 1.25 bits per heavy atom. The lowest BCUT2D eigenvalue weighted by atomic mass is 10.1. The van der Waals surface area contributed by atoms with Gasteiger partial charge in [-0.15, -0.1) is 11.3 Å². The minimum atomic E-state index is -0.891. The molecule has 1 N–H and O–H groups in total. The highest BCUT2D eigenvalue weighted by Gasteiger charge is 2.17. The summed E-state index contributed by atoms with van der Waals surface area (Å²) < 4.78 is 1.85. The summed E-state index contributed by atoms with van der Waals surface area (Å²) in [6, 6.07) is 7.89. The molecular weight excluding hydrogens is 272 g/mol. The number of thiophene rings is 1. The fraction of sp³-hybridized carbons (Fsp3) is 0.200. The van der Waals surface area contributed by atoms with Crippen LogP contribution in [0.1, 0.15) is 26.5 Å². The average Bonchev–Trinajstić information content (AvgIpc) is 2.94. The fourth-order valence-electron chi connectivity index (χ4n) is 2.26. The van der Waals surface area contributed by atoms with Crippen LogP contribution in [0.15, 0.2) is 24.3 Å². The van der Waals surface area contributed by atoms with E-state index in [4.69, 9.17) is 5.11 Å². The van der Waals surface area contributed by atoms with Gasteiger partial charge in [0.2, 0.25) is 0 Å². The number of aryl methyl sites for hydroxylation is 3. The molecular formula is C15H14N2O2S. The van der Waals surface area contributed by atoms with Crippen molar-refractivity contribution in [2.75, 3.05) is 0 Å². The van der Waals surface area contributed by atoms with Crippen molar-refractivity contribution >= 4 is 27.5 Å². The van der Waals surface area contributed by atoms with Crippen LogP contribution in [-0.2, 0) is 0 Å². The Kier molecular flexibility index (Phi) is 2.87. The number of aromatic carboxylic acids is 1. The largest absolute Gasteiger partial charge is 0.477 e. The highest BCUT2D eigenvalue weighted by molar-refractivity contribution is 7.20. The molecule has 1 aromatic carbocycles. The van der Waals surface area contributed by atoms with E-state index in [9.17, 15) is 4.79 Å². The van der Waals surface area contributed by atoms with Crippen molar-refractivity contribution < 1.29 is 9.90 Å². The van der Waals surface area contributed by atoms with Gasteiger partial charge in [-0.05, 0) is 44.0 Å². The maximum atomic E-state index is 11.1. The summed E-state index contributed by atoms with van der Waals surface area (Å²) in [5, 5.41) is 14.6. The van der Waals surface area contributed by atoms with Crippen LogP contribution in [0, 0.1) is 20.8 Å². The fourth-order valence-corrected chi connectivity index (χ4v) is 3.28. The predicted octanol–water partition coefficient (Wildman–Crippen LogP) is 3.71. The first-order chi connectivity index (χ1) is 9.47. The molecule has 4 nitrogen and oxygen atoms in total. The third kappa shape index (κ3) is 1.91. The number of carboxylic acid groups (broad SMARTS) is 1. The normalized spacial score (nSPS) is 11.2. The lowest BCUT2D eigenvalue weighted by Gasteiger charge is -2.07. The van der Waals surface area contributed by atoms with Gasteiger partial charge in [-0.3, -0.25) is 0 Å². The van der Waals surface area contributed by atoms with Crippen LogP contribution in [-0.4, -0.2) is 20.9 Å². The molecule has 3 aromatic rings. The maximum Gasteiger partial charge on any atom is 0.345 e. The van der Waals surface area contributed by atoms with Gasteiger partial charge in [-0.2, -0.15) is 5.10 Å². The van der Waals surface area contributed by atoms with Gasteiger partial charge < -0.3 is 5.11 Å². The van der Waals surface area contributed by atoms with Gasteiger partial charge in [0.05, 0.1) is 11.4 Å². The predicted molar refractivity (Wildman–Crippen MR) is 80.1 cm³/mol. The molecule has 0 bridgehead atoms. The standard InChI is InChI=1S/C15H14N2O2S/c1-8-4-5-9(2)12(6-8)17-14-11(10(3)16-17)7-13(20-14)15(18)19/h4-7H,1-3H3,(H,18,19). The molecule has 0 amide bonds. The van der Waals surface area contributed by atoms with Gasteiger partial charge in [0.1, 0.15) is 9.71 Å². The van der Waals surface area contributed by atoms with E-state index in [2.05, 4.69) is 23.3 Å². The second-order valence-corrected chi connectivity index (χ2v) is 5.95. The van der Waals surface area contributed by atoms with Gasteiger partial charge in [0, 0.05) is 5.39 Å². The summed E-state index contributed by atoms with van der Waals surface area (Å²) in [6.07, 6.45) is 0. The van der Waals surface area contributed by atoms with Gasteiger partial charge >= 0.3 is 5.97 Å². The molecule has 0 saturated heterocycles. The molecule has 0 saturated carbocycles. The van der Waals surface area contributed by atoms with E-state index in [1.165, 1.54) is 11.3 Å². The Labute approximate surface area is 120 Å². The lowest BCUT2D eigenvalue weighted by Crippen LogP contribution is -1.99. The van der Waals surface area contributed by atoms with E-state index in [0.29, 0.717) is 4.88 Å². The van der Waals surface area contributed by atoms with Gasteiger partial charge in [0.15, 0.2) is 0 Å². The quantitative estimate of drug-likeness (QED) is 0.781. The summed E-state index contributed by atoms with van der Waals surface area (Å²) in [7, 11) is 0. The average molecular weight is 286 g/mol. The number of benzene rings is 1. The van der Waals surface area contributed by atoms with Crippen LogP contribution in [0.3, 0.4) is 0 Å². The molecule has 0 spiro atoms. The molecule has 20 heavy (non-hydrogen) atoms. The number of carboxylic acids is 1. The molecule has 2 aromatic heterocycles. The summed E-state index contributed by atoms with van der Waals surface area (Å²) in [4.78, 5) is 12.4. The second-order valence-electron chi connectivity index (χ2n) is 4.92. The zero-order valence-electron chi connectivity index (χ0n) is 11.5. The first-order valence-corrected chi connectivity index (χ1v) is 7.09. The lowest BCUT2D eigenvalue weighted by molar-refractivity contribution is 0.0702. The molecule has 0 fully saturated rings. The third-order valence-corrected chi connectivity index (χ3v) is 4.45. The minimum Gasteiger partial charge on any atom is -0.477 e. The monoisotopic (exact) mass is 286 g/mol. The van der Waals surface area contributed by atoms with Crippen LogP contribution in [0.25, 0.3) is 15.9 Å². The number of hydrogen-bond acceptors (Lipinski definition) is 3. The topological polar surface area (TPSA) is 55.1 Å². The van der Waals surface area contributed by atoms with Crippen LogP contribution in [0.5, 0.6) is 0 Å². The zero-order valence-corrected chi connectivity index (χ0v) is 12.3. The van der Waals surface area contributed by atoms with E-state index < -0.39 is 5.97 Å². The van der Waals surface area contributed by atoms with E-state index in [-0.39, 0.29) is 0 Å². The van der Waals surface area contributed by atoms with Crippen LogP contribution in [0.4, 0.5) is 0 Å². The van der Waals surface area contributed by atoms with Crippen molar-refractivity contribution in [3.05, 3.63) is 46.0 Å². The Bertz CT molecular complexity index is 830. The summed E-state index contributed by atoms with van der Waals surface area (Å²) in [6.45, 7) is 5.97. The third-order valence-electron chi connectivity index (χ3n) is 3.35.